The second kappa shape index (κ2) is 8.82. The number of ether oxygens (including phenoxy) is 2. The molecule has 1 aliphatic rings. The first kappa shape index (κ1) is 16.9. The van der Waals surface area contributed by atoms with E-state index in [9.17, 15) is 4.79 Å². The van der Waals surface area contributed by atoms with Gasteiger partial charge in [0.2, 0.25) is 0 Å². The maximum absolute atomic E-state index is 11.7. The van der Waals surface area contributed by atoms with E-state index < -0.39 is 0 Å². The van der Waals surface area contributed by atoms with E-state index >= 15 is 0 Å². The average molecular weight is 304 g/mol. The van der Waals surface area contributed by atoms with E-state index in [1.165, 1.54) is 12.0 Å². The molecule has 122 valence electrons. The van der Waals surface area contributed by atoms with E-state index in [-0.39, 0.29) is 18.0 Å². The molecule has 1 fully saturated rings. The number of para-hydroxylation sites is 1. The van der Waals surface area contributed by atoms with Gasteiger partial charge < -0.3 is 9.47 Å². The average Bonchev–Trinajstić information content (AvgIpc) is 2.56. The Labute approximate surface area is 134 Å². The Morgan fingerprint density at radius 3 is 2.73 bits per heavy atom. The smallest absolute Gasteiger partial charge is 0.305 e. The fraction of sp³-hybridized carbons (Fsp3) is 0.632. The lowest BCUT2D eigenvalue weighted by molar-refractivity contribution is -0.151. The molecule has 22 heavy (non-hydrogen) atoms. The highest BCUT2D eigenvalue weighted by molar-refractivity contribution is 5.69. The highest BCUT2D eigenvalue weighted by Crippen LogP contribution is 2.39. The third-order valence-corrected chi connectivity index (χ3v) is 4.35. The summed E-state index contributed by atoms with van der Waals surface area (Å²) < 4.78 is 11.7. The summed E-state index contributed by atoms with van der Waals surface area (Å²) in [4.78, 5) is 11.7. The van der Waals surface area contributed by atoms with Gasteiger partial charge in [0, 0.05) is 17.9 Å². The number of esters is 1. The monoisotopic (exact) mass is 304 g/mol. The van der Waals surface area contributed by atoms with Gasteiger partial charge in [0.05, 0.1) is 6.61 Å². The maximum atomic E-state index is 11.7. The summed E-state index contributed by atoms with van der Waals surface area (Å²) in [7, 11) is 0. The predicted octanol–water partition coefficient (Wildman–Crippen LogP) is 4.84. The third kappa shape index (κ3) is 4.49. The summed E-state index contributed by atoms with van der Waals surface area (Å²) in [6.45, 7) is 4.76. The number of carbonyl (C=O) groups is 1. The molecular weight excluding hydrogens is 276 g/mol. The number of rotatable bonds is 7. The quantitative estimate of drug-likeness (QED) is 0.534. The molecule has 3 nitrogen and oxygen atoms in total. The standard InChI is InChI=1S/C19H28O3/c1-3-5-14-21-17-12-8-6-10-15(17)16-11-7-9-13-18(16)22-19(20)4-2/h6,8,10,12,16,18H,3-5,7,9,11,13-14H2,1-2H3/t16-,18+/m0/s1. The molecule has 1 aliphatic carbocycles. The zero-order chi connectivity index (χ0) is 15.8. The van der Waals surface area contributed by atoms with Crippen LogP contribution in [0.3, 0.4) is 0 Å². The van der Waals surface area contributed by atoms with Crippen LogP contribution in [-0.2, 0) is 9.53 Å². The van der Waals surface area contributed by atoms with Crippen LogP contribution < -0.4 is 4.74 Å². The van der Waals surface area contributed by atoms with E-state index in [0.29, 0.717) is 6.42 Å². The van der Waals surface area contributed by atoms with Crippen LogP contribution in [0.25, 0.3) is 0 Å². The van der Waals surface area contributed by atoms with Crippen LogP contribution in [0, 0.1) is 0 Å². The lowest BCUT2D eigenvalue weighted by Crippen LogP contribution is -2.28. The molecule has 3 heteroatoms. The largest absolute Gasteiger partial charge is 0.493 e. The first-order valence-corrected chi connectivity index (χ1v) is 8.67. The highest BCUT2D eigenvalue weighted by Gasteiger charge is 2.31. The van der Waals surface area contributed by atoms with Crippen molar-refractivity contribution in [3.05, 3.63) is 29.8 Å². The normalized spacial score (nSPS) is 21.4. The summed E-state index contributed by atoms with van der Waals surface area (Å²) >= 11 is 0. The van der Waals surface area contributed by atoms with Crippen molar-refractivity contribution in [1.82, 2.24) is 0 Å². The molecule has 0 N–H and O–H groups in total. The van der Waals surface area contributed by atoms with Crippen LogP contribution in [0.1, 0.15) is 70.3 Å². The molecule has 0 heterocycles. The van der Waals surface area contributed by atoms with E-state index in [0.717, 1.165) is 44.5 Å². The summed E-state index contributed by atoms with van der Waals surface area (Å²) in [5, 5.41) is 0. The fourth-order valence-electron chi connectivity index (χ4n) is 3.09. The Kier molecular flexibility index (Phi) is 6.75. The minimum absolute atomic E-state index is 0.00266. The van der Waals surface area contributed by atoms with Gasteiger partial charge in [0.15, 0.2) is 0 Å². The maximum Gasteiger partial charge on any atom is 0.305 e. The topological polar surface area (TPSA) is 35.5 Å². The van der Waals surface area contributed by atoms with Crippen molar-refractivity contribution in [3.63, 3.8) is 0 Å². The van der Waals surface area contributed by atoms with Crippen LogP contribution in [-0.4, -0.2) is 18.7 Å². The fourth-order valence-corrected chi connectivity index (χ4v) is 3.09. The Bertz CT molecular complexity index is 470. The van der Waals surface area contributed by atoms with Gasteiger partial charge in [-0.3, -0.25) is 4.79 Å². The lowest BCUT2D eigenvalue weighted by Gasteiger charge is -2.32. The van der Waals surface area contributed by atoms with Gasteiger partial charge in [-0.2, -0.15) is 0 Å². The van der Waals surface area contributed by atoms with Gasteiger partial charge in [-0.15, -0.1) is 0 Å². The second-order valence-electron chi connectivity index (χ2n) is 6.01. The molecule has 0 saturated heterocycles. The van der Waals surface area contributed by atoms with Crippen LogP contribution in [0.2, 0.25) is 0 Å². The Morgan fingerprint density at radius 2 is 1.95 bits per heavy atom. The summed E-state index contributed by atoms with van der Waals surface area (Å²) in [6, 6.07) is 8.23. The molecule has 0 amide bonds. The molecule has 0 bridgehead atoms. The summed E-state index contributed by atoms with van der Waals surface area (Å²) in [5.41, 5.74) is 1.20. The van der Waals surface area contributed by atoms with Crippen LogP contribution in [0.15, 0.2) is 24.3 Å². The zero-order valence-corrected chi connectivity index (χ0v) is 13.8. The number of benzene rings is 1. The van der Waals surface area contributed by atoms with Crippen molar-refractivity contribution in [2.45, 2.75) is 70.8 Å². The molecule has 2 atom stereocenters. The zero-order valence-electron chi connectivity index (χ0n) is 13.8. The van der Waals surface area contributed by atoms with E-state index in [2.05, 4.69) is 19.1 Å². The van der Waals surface area contributed by atoms with Crippen molar-refractivity contribution < 1.29 is 14.3 Å². The highest BCUT2D eigenvalue weighted by atomic mass is 16.5. The molecule has 1 aromatic carbocycles. The second-order valence-corrected chi connectivity index (χ2v) is 6.01. The van der Waals surface area contributed by atoms with Crippen LogP contribution in [0.4, 0.5) is 0 Å². The van der Waals surface area contributed by atoms with Gasteiger partial charge in [-0.05, 0) is 31.7 Å². The van der Waals surface area contributed by atoms with Crippen molar-refractivity contribution in [1.29, 1.82) is 0 Å². The van der Waals surface area contributed by atoms with Crippen molar-refractivity contribution >= 4 is 5.97 Å². The molecule has 2 rings (SSSR count). The lowest BCUT2D eigenvalue weighted by atomic mass is 9.81. The molecule has 0 unspecified atom stereocenters. The minimum atomic E-state index is -0.0960. The summed E-state index contributed by atoms with van der Waals surface area (Å²) in [5.74, 6) is 1.13. The first-order chi connectivity index (χ1) is 10.8. The van der Waals surface area contributed by atoms with Gasteiger partial charge in [0.1, 0.15) is 11.9 Å². The molecule has 0 aliphatic heterocycles. The van der Waals surface area contributed by atoms with Crippen molar-refractivity contribution in [2.75, 3.05) is 6.61 Å². The van der Waals surface area contributed by atoms with Crippen LogP contribution in [0.5, 0.6) is 5.75 Å². The van der Waals surface area contributed by atoms with Crippen LogP contribution >= 0.6 is 0 Å². The molecule has 0 radical (unpaired) electrons. The molecule has 0 spiro atoms. The minimum Gasteiger partial charge on any atom is -0.493 e. The Hall–Kier alpha value is -1.51. The van der Waals surface area contributed by atoms with Gasteiger partial charge in [0.25, 0.3) is 0 Å². The molecule has 0 aromatic heterocycles. The van der Waals surface area contributed by atoms with E-state index in [4.69, 9.17) is 9.47 Å². The van der Waals surface area contributed by atoms with Crippen molar-refractivity contribution in [3.8, 4) is 5.75 Å². The van der Waals surface area contributed by atoms with Gasteiger partial charge in [-0.25, -0.2) is 0 Å². The summed E-state index contributed by atoms with van der Waals surface area (Å²) in [6.07, 6.45) is 6.98. The number of hydrogen-bond acceptors (Lipinski definition) is 3. The van der Waals surface area contributed by atoms with Gasteiger partial charge >= 0.3 is 5.97 Å². The third-order valence-electron chi connectivity index (χ3n) is 4.35. The molecule has 1 aromatic rings. The first-order valence-electron chi connectivity index (χ1n) is 8.67. The molecule has 1 saturated carbocycles. The predicted molar refractivity (Wildman–Crippen MR) is 88.2 cm³/mol. The van der Waals surface area contributed by atoms with E-state index in [1.807, 2.05) is 19.1 Å². The Balaban J connectivity index is 2.14. The number of carbonyl (C=O) groups excluding carboxylic acids is 1. The SMILES string of the molecule is CCCCOc1ccccc1[C@@H]1CCCC[C@H]1OC(=O)CC. The van der Waals surface area contributed by atoms with Gasteiger partial charge in [-0.1, -0.05) is 44.9 Å². The Morgan fingerprint density at radius 1 is 1.18 bits per heavy atom. The number of unbranched alkanes of at least 4 members (excludes halogenated alkanes) is 1. The number of hydrogen-bond donors (Lipinski definition) is 0. The molecular formula is C19H28O3. The van der Waals surface area contributed by atoms with Crippen molar-refractivity contribution in [2.24, 2.45) is 0 Å². The van der Waals surface area contributed by atoms with E-state index in [1.54, 1.807) is 0 Å².